The van der Waals surface area contributed by atoms with Crippen LogP contribution in [0.2, 0.25) is 0 Å². The van der Waals surface area contributed by atoms with Gasteiger partial charge in [-0.2, -0.15) is 0 Å². The van der Waals surface area contributed by atoms with E-state index in [1.807, 2.05) is 91.0 Å². The van der Waals surface area contributed by atoms with E-state index in [9.17, 15) is 4.79 Å². The van der Waals surface area contributed by atoms with E-state index >= 15 is 0 Å². The lowest BCUT2D eigenvalue weighted by atomic mass is 10.2. The van der Waals surface area contributed by atoms with Gasteiger partial charge in [0.1, 0.15) is 17.3 Å². The van der Waals surface area contributed by atoms with Crippen molar-refractivity contribution in [2.75, 3.05) is 7.11 Å². The quantitative estimate of drug-likeness (QED) is 0.235. The number of hydrogen-bond donors (Lipinski definition) is 0. The van der Waals surface area contributed by atoms with Crippen molar-refractivity contribution in [3.8, 4) is 17.1 Å². The Labute approximate surface area is 216 Å². The number of para-hydroxylation sites is 1. The minimum absolute atomic E-state index is 0.109. The number of aliphatic imine (C=N–C) groups is 1. The number of thioether (sulfide) groups is 1. The summed E-state index contributed by atoms with van der Waals surface area (Å²) in [6, 6.07) is 29.0. The number of carbonyl (C=O) groups excluding carboxylic acids is 1. The number of hydrogen-bond acceptors (Lipinski definition) is 5. The Bertz CT molecular complexity index is 1390. The highest BCUT2D eigenvalue weighted by Gasteiger charge is 2.33. The number of halogens is 1. The number of furan rings is 1. The minimum Gasteiger partial charge on any atom is -0.497 e. The molecule has 3 aromatic carbocycles. The Hall–Kier alpha value is -3.55. The number of amidine groups is 1. The van der Waals surface area contributed by atoms with Crippen LogP contribution >= 0.6 is 27.7 Å². The van der Waals surface area contributed by atoms with Gasteiger partial charge >= 0.3 is 0 Å². The third-order valence-electron chi connectivity index (χ3n) is 5.40. The highest BCUT2D eigenvalue weighted by atomic mass is 79.9. The van der Waals surface area contributed by atoms with Crippen LogP contribution in [0.5, 0.6) is 5.75 Å². The molecule has 1 aliphatic heterocycles. The molecule has 174 valence electrons. The molecule has 35 heavy (non-hydrogen) atoms. The monoisotopic (exact) mass is 544 g/mol. The van der Waals surface area contributed by atoms with Crippen molar-refractivity contribution in [1.82, 2.24) is 4.90 Å². The molecule has 7 heteroatoms. The van der Waals surface area contributed by atoms with Gasteiger partial charge in [0, 0.05) is 16.1 Å². The predicted molar refractivity (Wildman–Crippen MR) is 144 cm³/mol. The molecule has 0 saturated carbocycles. The Kier molecular flexibility index (Phi) is 6.88. The van der Waals surface area contributed by atoms with Gasteiger partial charge in [-0.1, -0.05) is 58.4 Å². The molecule has 1 amide bonds. The molecule has 1 fully saturated rings. The lowest BCUT2D eigenvalue weighted by Crippen LogP contribution is -2.28. The number of ether oxygens (including phenoxy) is 1. The first kappa shape index (κ1) is 23.2. The van der Waals surface area contributed by atoms with E-state index in [0.717, 1.165) is 32.8 Å². The molecule has 0 unspecified atom stereocenters. The van der Waals surface area contributed by atoms with Crippen LogP contribution in [0.4, 0.5) is 5.69 Å². The number of carbonyl (C=O) groups is 1. The average molecular weight is 545 g/mol. The van der Waals surface area contributed by atoms with Gasteiger partial charge in [-0.05, 0) is 65.9 Å². The highest BCUT2D eigenvalue weighted by Crippen LogP contribution is 2.36. The SMILES string of the molecule is COc1ccc(CN2C(=O)/C(=C/c3ccc(-c4ccc(Br)cc4)o3)SC2=Nc2ccccc2)cc1. The molecule has 5 rings (SSSR count). The predicted octanol–water partition coefficient (Wildman–Crippen LogP) is 7.52. The van der Waals surface area contributed by atoms with Gasteiger partial charge in [0.05, 0.1) is 24.2 Å². The summed E-state index contributed by atoms with van der Waals surface area (Å²) in [5, 5.41) is 0.628. The van der Waals surface area contributed by atoms with Crippen LogP contribution in [0.3, 0.4) is 0 Å². The van der Waals surface area contributed by atoms with E-state index in [1.165, 1.54) is 11.8 Å². The molecule has 4 aromatic rings. The Morgan fingerprint density at radius 3 is 2.43 bits per heavy atom. The maximum absolute atomic E-state index is 13.4. The maximum Gasteiger partial charge on any atom is 0.267 e. The van der Waals surface area contributed by atoms with Crippen LogP contribution in [0, 0.1) is 0 Å². The van der Waals surface area contributed by atoms with Crippen molar-refractivity contribution < 1.29 is 13.9 Å². The standard InChI is InChI=1S/C28H21BrN2O3S/c1-33-23-13-7-19(8-14-23)18-31-27(32)26(35-28(31)30-22-5-3-2-4-6-22)17-24-15-16-25(34-24)20-9-11-21(29)12-10-20/h2-17H,18H2,1H3/b26-17-,30-28?. The minimum atomic E-state index is -0.109. The molecule has 0 atom stereocenters. The lowest BCUT2D eigenvalue weighted by molar-refractivity contribution is -0.122. The fourth-order valence-electron chi connectivity index (χ4n) is 3.59. The average Bonchev–Trinajstić information content (AvgIpc) is 3.46. The summed E-state index contributed by atoms with van der Waals surface area (Å²) in [5.41, 5.74) is 2.74. The van der Waals surface area contributed by atoms with E-state index in [2.05, 4.69) is 15.9 Å². The van der Waals surface area contributed by atoms with Crippen molar-refractivity contribution in [3.05, 3.63) is 112 Å². The van der Waals surface area contributed by atoms with E-state index in [1.54, 1.807) is 18.1 Å². The van der Waals surface area contributed by atoms with Crippen molar-refractivity contribution in [1.29, 1.82) is 0 Å². The fraction of sp³-hybridized carbons (Fsp3) is 0.0714. The highest BCUT2D eigenvalue weighted by molar-refractivity contribution is 9.10. The van der Waals surface area contributed by atoms with E-state index < -0.39 is 0 Å². The van der Waals surface area contributed by atoms with Gasteiger partial charge < -0.3 is 9.15 Å². The zero-order valence-electron chi connectivity index (χ0n) is 18.9. The lowest BCUT2D eigenvalue weighted by Gasteiger charge is -2.16. The molecule has 1 saturated heterocycles. The summed E-state index contributed by atoms with van der Waals surface area (Å²) >= 11 is 4.80. The van der Waals surface area contributed by atoms with Crippen molar-refractivity contribution in [3.63, 3.8) is 0 Å². The van der Waals surface area contributed by atoms with Crippen LogP contribution in [-0.4, -0.2) is 23.1 Å². The third-order valence-corrected chi connectivity index (χ3v) is 6.93. The van der Waals surface area contributed by atoms with E-state index in [4.69, 9.17) is 14.1 Å². The number of benzene rings is 3. The molecular formula is C28H21BrN2O3S. The van der Waals surface area contributed by atoms with Crippen LogP contribution < -0.4 is 4.74 Å². The third kappa shape index (κ3) is 5.42. The van der Waals surface area contributed by atoms with Gasteiger partial charge in [-0.3, -0.25) is 9.69 Å². The molecule has 5 nitrogen and oxygen atoms in total. The summed E-state index contributed by atoms with van der Waals surface area (Å²) < 4.78 is 12.3. The van der Waals surface area contributed by atoms with Gasteiger partial charge in [0.2, 0.25) is 0 Å². The van der Waals surface area contributed by atoms with E-state index in [0.29, 0.717) is 22.4 Å². The first-order valence-corrected chi connectivity index (χ1v) is 12.5. The zero-order valence-corrected chi connectivity index (χ0v) is 21.3. The summed E-state index contributed by atoms with van der Waals surface area (Å²) in [5.74, 6) is 2.02. The maximum atomic E-state index is 13.4. The number of amides is 1. The largest absolute Gasteiger partial charge is 0.497 e. The number of nitrogens with zero attached hydrogens (tertiary/aromatic N) is 2. The summed E-state index contributed by atoms with van der Waals surface area (Å²) in [4.78, 5) is 20.5. The molecule has 0 N–H and O–H groups in total. The second-order valence-corrected chi connectivity index (χ2v) is 9.71. The molecular weight excluding hydrogens is 524 g/mol. The molecule has 0 spiro atoms. The topological polar surface area (TPSA) is 55.0 Å². The smallest absolute Gasteiger partial charge is 0.267 e. The zero-order chi connectivity index (χ0) is 24.2. The Morgan fingerprint density at radius 2 is 1.71 bits per heavy atom. The second-order valence-electron chi connectivity index (χ2n) is 7.79. The van der Waals surface area contributed by atoms with Gasteiger partial charge in [0.25, 0.3) is 5.91 Å². The summed E-state index contributed by atoms with van der Waals surface area (Å²) in [7, 11) is 1.63. The second kappa shape index (κ2) is 10.4. The number of methoxy groups -OCH3 is 1. The van der Waals surface area contributed by atoms with Crippen molar-refractivity contribution in [2.45, 2.75) is 6.54 Å². The molecule has 1 aromatic heterocycles. The molecule has 2 heterocycles. The van der Waals surface area contributed by atoms with Crippen LogP contribution in [0.15, 0.2) is 110 Å². The Balaban J connectivity index is 1.44. The Morgan fingerprint density at radius 1 is 0.971 bits per heavy atom. The fourth-order valence-corrected chi connectivity index (χ4v) is 4.83. The van der Waals surface area contributed by atoms with E-state index in [-0.39, 0.29) is 5.91 Å². The molecule has 0 aliphatic carbocycles. The van der Waals surface area contributed by atoms with Crippen molar-refractivity contribution in [2.24, 2.45) is 4.99 Å². The van der Waals surface area contributed by atoms with Crippen LogP contribution in [0.25, 0.3) is 17.4 Å². The molecule has 0 radical (unpaired) electrons. The molecule has 1 aliphatic rings. The van der Waals surface area contributed by atoms with Gasteiger partial charge in [-0.25, -0.2) is 4.99 Å². The van der Waals surface area contributed by atoms with Crippen LogP contribution in [0.1, 0.15) is 11.3 Å². The van der Waals surface area contributed by atoms with Crippen LogP contribution in [-0.2, 0) is 11.3 Å². The normalized spacial score (nSPS) is 15.8. The first-order chi connectivity index (χ1) is 17.1. The molecule has 0 bridgehead atoms. The van der Waals surface area contributed by atoms with Gasteiger partial charge in [0.15, 0.2) is 5.17 Å². The summed E-state index contributed by atoms with van der Waals surface area (Å²) in [6.45, 7) is 0.404. The summed E-state index contributed by atoms with van der Waals surface area (Å²) in [6.07, 6.45) is 1.78. The van der Waals surface area contributed by atoms with Gasteiger partial charge in [-0.15, -0.1) is 0 Å². The van der Waals surface area contributed by atoms with Crippen molar-refractivity contribution >= 4 is 50.5 Å². The number of rotatable bonds is 6. The first-order valence-electron chi connectivity index (χ1n) is 10.9.